The van der Waals surface area contributed by atoms with Gasteiger partial charge in [0.05, 0.1) is 0 Å². The molecule has 1 aromatic carbocycles. The second-order valence-electron chi connectivity index (χ2n) is 6.27. The van der Waals surface area contributed by atoms with Crippen LogP contribution < -0.4 is 0 Å². The fraction of sp³-hybridized carbons (Fsp3) is 0.647. The molecule has 0 bridgehead atoms. The van der Waals surface area contributed by atoms with Crippen LogP contribution in [-0.4, -0.2) is 0 Å². The molecule has 0 aliphatic heterocycles. The number of hydrogen-bond acceptors (Lipinski definition) is 0. The summed E-state index contributed by atoms with van der Waals surface area (Å²) in [5.74, 6) is 4.04. The van der Waals surface area contributed by atoms with E-state index in [1.807, 2.05) is 0 Å². The van der Waals surface area contributed by atoms with Gasteiger partial charge in [0, 0.05) is 0 Å². The monoisotopic (exact) mass is 228 g/mol. The first kappa shape index (κ1) is 11.3. The van der Waals surface area contributed by atoms with Crippen molar-refractivity contribution in [3.05, 3.63) is 35.9 Å². The average molecular weight is 228 g/mol. The first-order valence-corrected chi connectivity index (χ1v) is 7.38. The van der Waals surface area contributed by atoms with Crippen molar-refractivity contribution in [3.8, 4) is 0 Å². The summed E-state index contributed by atoms with van der Waals surface area (Å²) in [6, 6.07) is 11.1. The van der Waals surface area contributed by atoms with Crippen molar-refractivity contribution in [3.63, 3.8) is 0 Å². The van der Waals surface area contributed by atoms with Gasteiger partial charge in [0.15, 0.2) is 0 Å². The van der Waals surface area contributed by atoms with E-state index in [9.17, 15) is 0 Å². The van der Waals surface area contributed by atoms with Crippen LogP contribution in [0, 0.1) is 23.7 Å². The van der Waals surface area contributed by atoms with Crippen LogP contribution in [0.15, 0.2) is 30.3 Å². The second kappa shape index (κ2) is 4.84. The molecule has 0 amide bonds. The molecule has 4 unspecified atom stereocenters. The minimum absolute atomic E-state index is 0.970. The molecule has 0 aromatic heterocycles. The highest BCUT2D eigenvalue weighted by molar-refractivity contribution is 5.16. The lowest BCUT2D eigenvalue weighted by Gasteiger charge is -2.30. The molecule has 3 rings (SSSR count). The van der Waals surface area contributed by atoms with E-state index in [0.29, 0.717) is 0 Å². The predicted molar refractivity (Wildman–Crippen MR) is 72.9 cm³/mol. The van der Waals surface area contributed by atoms with E-state index in [4.69, 9.17) is 0 Å². The normalized spacial score (nSPS) is 36.8. The van der Waals surface area contributed by atoms with Crippen LogP contribution in [0.4, 0.5) is 0 Å². The van der Waals surface area contributed by atoms with Crippen molar-refractivity contribution in [2.24, 2.45) is 23.7 Å². The molecule has 1 aromatic rings. The van der Waals surface area contributed by atoms with Gasteiger partial charge in [-0.3, -0.25) is 0 Å². The molecule has 0 spiro atoms. The topological polar surface area (TPSA) is 0 Å². The van der Waals surface area contributed by atoms with Gasteiger partial charge in [0.1, 0.15) is 0 Å². The van der Waals surface area contributed by atoms with Crippen LogP contribution in [0.2, 0.25) is 0 Å². The largest absolute Gasteiger partial charge is 0.0622 e. The number of fused-ring (bicyclic) bond motifs is 1. The molecule has 2 aliphatic rings. The fourth-order valence-corrected chi connectivity index (χ4v) is 4.46. The molecule has 0 nitrogen and oxygen atoms in total. The summed E-state index contributed by atoms with van der Waals surface area (Å²) in [6.45, 7) is 2.49. The van der Waals surface area contributed by atoms with E-state index in [0.717, 1.165) is 23.7 Å². The van der Waals surface area contributed by atoms with Crippen LogP contribution in [-0.2, 0) is 6.42 Å². The molecule has 2 fully saturated rings. The van der Waals surface area contributed by atoms with E-state index in [1.165, 1.54) is 38.5 Å². The van der Waals surface area contributed by atoms with E-state index in [1.54, 1.807) is 5.56 Å². The van der Waals surface area contributed by atoms with Crippen LogP contribution in [0.1, 0.15) is 44.6 Å². The molecule has 0 heteroatoms. The summed E-state index contributed by atoms with van der Waals surface area (Å²) in [5, 5.41) is 0. The highest BCUT2D eigenvalue weighted by atomic mass is 14.5. The van der Waals surface area contributed by atoms with Crippen molar-refractivity contribution < 1.29 is 0 Å². The molecule has 17 heavy (non-hydrogen) atoms. The van der Waals surface area contributed by atoms with E-state index in [-0.39, 0.29) is 0 Å². The Morgan fingerprint density at radius 3 is 2.47 bits per heavy atom. The Kier molecular flexibility index (Phi) is 3.22. The third kappa shape index (κ3) is 2.27. The van der Waals surface area contributed by atoms with E-state index >= 15 is 0 Å². The Morgan fingerprint density at radius 1 is 1.00 bits per heavy atom. The molecule has 0 saturated heterocycles. The number of hydrogen-bond donors (Lipinski definition) is 0. The zero-order chi connectivity index (χ0) is 11.7. The lowest BCUT2D eigenvalue weighted by atomic mass is 9.75. The second-order valence-corrected chi connectivity index (χ2v) is 6.27. The van der Waals surface area contributed by atoms with Crippen LogP contribution >= 0.6 is 0 Å². The van der Waals surface area contributed by atoms with Crippen molar-refractivity contribution in [1.29, 1.82) is 0 Å². The lowest BCUT2D eigenvalue weighted by molar-refractivity contribution is 0.207. The molecule has 92 valence electrons. The summed E-state index contributed by atoms with van der Waals surface area (Å²) in [5.41, 5.74) is 1.55. The summed E-state index contributed by atoms with van der Waals surface area (Å²) < 4.78 is 0. The first-order chi connectivity index (χ1) is 8.34. The third-order valence-electron chi connectivity index (χ3n) is 5.23. The Balaban J connectivity index is 1.71. The summed E-state index contributed by atoms with van der Waals surface area (Å²) >= 11 is 0. The van der Waals surface area contributed by atoms with Gasteiger partial charge in [-0.25, -0.2) is 0 Å². The maximum atomic E-state index is 2.49. The van der Waals surface area contributed by atoms with Gasteiger partial charge >= 0.3 is 0 Å². The van der Waals surface area contributed by atoms with Gasteiger partial charge in [0.25, 0.3) is 0 Å². The molecule has 0 radical (unpaired) electrons. The Morgan fingerprint density at radius 2 is 1.71 bits per heavy atom. The van der Waals surface area contributed by atoms with E-state index < -0.39 is 0 Å². The fourth-order valence-electron chi connectivity index (χ4n) is 4.46. The smallest absolute Gasteiger partial charge is 0.0248 e. The SMILES string of the molecule is CC1CC(Cc2ccccc2)C2CCCCC12. The maximum Gasteiger partial charge on any atom is -0.0248 e. The zero-order valence-electron chi connectivity index (χ0n) is 10.9. The minimum atomic E-state index is 0.970. The third-order valence-corrected chi connectivity index (χ3v) is 5.23. The molecule has 0 N–H and O–H groups in total. The van der Waals surface area contributed by atoms with Gasteiger partial charge in [-0.15, -0.1) is 0 Å². The highest BCUT2D eigenvalue weighted by Crippen LogP contribution is 2.50. The van der Waals surface area contributed by atoms with Crippen LogP contribution in [0.25, 0.3) is 0 Å². The van der Waals surface area contributed by atoms with Gasteiger partial charge < -0.3 is 0 Å². The highest BCUT2D eigenvalue weighted by Gasteiger charge is 2.41. The Hall–Kier alpha value is -0.780. The van der Waals surface area contributed by atoms with Crippen molar-refractivity contribution in [2.75, 3.05) is 0 Å². The van der Waals surface area contributed by atoms with E-state index in [2.05, 4.69) is 37.3 Å². The van der Waals surface area contributed by atoms with Crippen molar-refractivity contribution >= 4 is 0 Å². The molecular formula is C17H24. The van der Waals surface area contributed by atoms with Crippen LogP contribution in [0.3, 0.4) is 0 Å². The zero-order valence-corrected chi connectivity index (χ0v) is 10.9. The first-order valence-electron chi connectivity index (χ1n) is 7.38. The van der Waals surface area contributed by atoms with Gasteiger partial charge in [-0.1, -0.05) is 50.1 Å². The van der Waals surface area contributed by atoms with Crippen molar-refractivity contribution in [1.82, 2.24) is 0 Å². The Bertz CT molecular complexity index is 354. The molecule has 4 atom stereocenters. The summed E-state index contributed by atoms with van der Waals surface area (Å²) in [7, 11) is 0. The lowest BCUT2D eigenvalue weighted by Crippen LogP contribution is -2.22. The standard InChI is InChI=1S/C17H24/c1-13-11-15(12-14-7-3-2-4-8-14)17-10-6-5-9-16(13)17/h2-4,7-8,13,15-17H,5-6,9-12H2,1H3. The average Bonchev–Trinajstić information content (AvgIpc) is 2.69. The minimum Gasteiger partial charge on any atom is -0.0622 e. The summed E-state index contributed by atoms with van der Waals surface area (Å²) in [6.07, 6.45) is 8.79. The van der Waals surface area contributed by atoms with Crippen LogP contribution in [0.5, 0.6) is 0 Å². The quantitative estimate of drug-likeness (QED) is 0.688. The van der Waals surface area contributed by atoms with Crippen molar-refractivity contribution in [2.45, 2.75) is 45.4 Å². The number of benzene rings is 1. The Labute approximate surface area is 105 Å². The molecular weight excluding hydrogens is 204 g/mol. The predicted octanol–water partition coefficient (Wildman–Crippen LogP) is 4.69. The molecule has 2 saturated carbocycles. The van der Waals surface area contributed by atoms with Gasteiger partial charge in [-0.2, -0.15) is 0 Å². The molecule has 0 heterocycles. The van der Waals surface area contributed by atoms with Gasteiger partial charge in [0.2, 0.25) is 0 Å². The summed E-state index contributed by atoms with van der Waals surface area (Å²) in [4.78, 5) is 0. The maximum absolute atomic E-state index is 2.49. The number of rotatable bonds is 2. The van der Waals surface area contributed by atoms with Gasteiger partial charge in [-0.05, 0) is 54.9 Å². The molecule has 2 aliphatic carbocycles.